The van der Waals surface area contributed by atoms with E-state index >= 15 is 0 Å². The minimum absolute atomic E-state index is 0.354. The molecule has 5 heteroatoms. The van der Waals surface area contributed by atoms with Gasteiger partial charge in [-0.2, -0.15) is 4.31 Å². The third-order valence-electron chi connectivity index (χ3n) is 2.65. The molecule has 102 valence electrons. The van der Waals surface area contributed by atoms with Crippen molar-refractivity contribution in [2.45, 2.75) is 25.2 Å². The normalized spacial score (nSPS) is 12.0. The fourth-order valence-electron chi connectivity index (χ4n) is 1.72. The molecule has 1 aromatic rings. The summed E-state index contributed by atoms with van der Waals surface area (Å²) in [7, 11) is -1.83. The molecular formula is C13H21NO3S. The quantitative estimate of drug-likeness (QED) is 0.762. The Morgan fingerprint density at radius 3 is 2.56 bits per heavy atom. The number of hydrogen-bond donors (Lipinski definition) is 0. The molecule has 0 heterocycles. The Morgan fingerprint density at radius 1 is 1.28 bits per heavy atom. The average molecular weight is 271 g/mol. The second-order valence-electron chi connectivity index (χ2n) is 4.21. The first kappa shape index (κ1) is 15.1. The zero-order valence-electron chi connectivity index (χ0n) is 11.2. The van der Waals surface area contributed by atoms with Gasteiger partial charge in [-0.05, 0) is 31.0 Å². The fourth-order valence-corrected chi connectivity index (χ4v) is 3.34. The predicted molar refractivity (Wildman–Crippen MR) is 72.1 cm³/mol. The van der Waals surface area contributed by atoms with Crippen LogP contribution in [0.5, 0.6) is 0 Å². The molecule has 1 aromatic carbocycles. The first-order valence-corrected chi connectivity index (χ1v) is 7.52. The average Bonchev–Trinajstić information content (AvgIpc) is 2.34. The van der Waals surface area contributed by atoms with Crippen molar-refractivity contribution in [1.82, 2.24) is 4.31 Å². The molecule has 0 saturated heterocycles. The summed E-state index contributed by atoms with van der Waals surface area (Å²) < 4.78 is 31.3. The Balaban J connectivity index is 3.00. The van der Waals surface area contributed by atoms with Crippen LogP contribution >= 0.6 is 0 Å². The highest BCUT2D eigenvalue weighted by atomic mass is 32.2. The molecular weight excluding hydrogens is 250 g/mol. The van der Waals surface area contributed by atoms with Crippen molar-refractivity contribution >= 4 is 10.0 Å². The van der Waals surface area contributed by atoms with Crippen molar-refractivity contribution in [2.75, 3.05) is 26.8 Å². The van der Waals surface area contributed by atoms with Crippen molar-refractivity contribution in [1.29, 1.82) is 0 Å². The molecule has 4 nitrogen and oxygen atoms in total. The second-order valence-corrected chi connectivity index (χ2v) is 6.15. The topological polar surface area (TPSA) is 46.6 Å². The van der Waals surface area contributed by atoms with Crippen LogP contribution in [0.1, 0.15) is 18.9 Å². The maximum atomic E-state index is 12.5. The van der Waals surface area contributed by atoms with E-state index in [-0.39, 0.29) is 0 Å². The zero-order valence-corrected chi connectivity index (χ0v) is 12.0. The molecule has 0 unspecified atom stereocenters. The number of nitrogens with zero attached hydrogens (tertiary/aromatic N) is 1. The molecule has 0 aliphatic heterocycles. The number of hydrogen-bond acceptors (Lipinski definition) is 3. The van der Waals surface area contributed by atoms with E-state index in [2.05, 4.69) is 0 Å². The minimum atomic E-state index is -3.40. The Hall–Kier alpha value is -0.910. The standard InChI is InChI=1S/C13H21NO3S/c1-4-8-14(9-10-17-3)18(15,16)13-7-5-6-12(2)11-13/h5-7,11H,4,8-10H2,1-3H3. The van der Waals surface area contributed by atoms with Crippen LogP contribution in [0, 0.1) is 6.92 Å². The molecule has 0 atom stereocenters. The maximum absolute atomic E-state index is 12.5. The lowest BCUT2D eigenvalue weighted by Gasteiger charge is -2.21. The summed E-state index contributed by atoms with van der Waals surface area (Å²) in [5, 5.41) is 0. The lowest BCUT2D eigenvalue weighted by molar-refractivity contribution is 0.179. The van der Waals surface area contributed by atoms with Crippen molar-refractivity contribution in [3.63, 3.8) is 0 Å². The van der Waals surface area contributed by atoms with Crippen LogP contribution in [0.2, 0.25) is 0 Å². The lowest BCUT2D eigenvalue weighted by Crippen LogP contribution is -2.34. The van der Waals surface area contributed by atoms with Crippen LogP contribution < -0.4 is 0 Å². The largest absolute Gasteiger partial charge is 0.383 e. The predicted octanol–water partition coefficient (Wildman–Crippen LogP) is 2.04. The zero-order chi connectivity index (χ0) is 13.6. The van der Waals surface area contributed by atoms with E-state index in [1.807, 2.05) is 19.9 Å². The molecule has 0 bridgehead atoms. The summed E-state index contributed by atoms with van der Waals surface area (Å²) in [4.78, 5) is 0.354. The molecule has 0 aromatic heterocycles. The second kappa shape index (κ2) is 6.87. The molecule has 18 heavy (non-hydrogen) atoms. The lowest BCUT2D eigenvalue weighted by atomic mass is 10.2. The Kier molecular flexibility index (Phi) is 5.78. The van der Waals surface area contributed by atoms with Crippen molar-refractivity contribution in [2.24, 2.45) is 0 Å². The van der Waals surface area contributed by atoms with E-state index in [9.17, 15) is 8.42 Å². The number of aryl methyl sites for hydroxylation is 1. The Morgan fingerprint density at radius 2 is 2.00 bits per heavy atom. The van der Waals surface area contributed by atoms with E-state index in [0.29, 0.717) is 24.6 Å². The smallest absolute Gasteiger partial charge is 0.243 e. The van der Waals surface area contributed by atoms with Gasteiger partial charge in [-0.15, -0.1) is 0 Å². The highest BCUT2D eigenvalue weighted by molar-refractivity contribution is 7.89. The van der Waals surface area contributed by atoms with Crippen LogP contribution in [0.15, 0.2) is 29.2 Å². The van der Waals surface area contributed by atoms with Gasteiger partial charge in [0.1, 0.15) is 0 Å². The van der Waals surface area contributed by atoms with Gasteiger partial charge in [0.05, 0.1) is 11.5 Å². The monoisotopic (exact) mass is 271 g/mol. The summed E-state index contributed by atoms with van der Waals surface area (Å²) in [6.45, 7) is 5.16. The van der Waals surface area contributed by atoms with Crippen molar-refractivity contribution in [3.05, 3.63) is 29.8 Å². The number of rotatable bonds is 7. The van der Waals surface area contributed by atoms with Gasteiger partial charge in [-0.25, -0.2) is 8.42 Å². The van der Waals surface area contributed by atoms with Gasteiger partial charge in [-0.1, -0.05) is 19.1 Å². The molecule has 0 fully saturated rings. The Bertz CT molecular complexity index is 471. The van der Waals surface area contributed by atoms with E-state index in [1.165, 1.54) is 4.31 Å². The summed E-state index contributed by atoms with van der Waals surface area (Å²) in [5.41, 5.74) is 0.944. The van der Waals surface area contributed by atoms with Gasteiger partial charge in [0.25, 0.3) is 0 Å². The van der Waals surface area contributed by atoms with Crippen LogP contribution in [0.3, 0.4) is 0 Å². The third-order valence-corrected chi connectivity index (χ3v) is 4.54. The highest BCUT2D eigenvalue weighted by Gasteiger charge is 2.23. The van der Waals surface area contributed by atoms with Gasteiger partial charge < -0.3 is 4.74 Å². The van der Waals surface area contributed by atoms with Crippen molar-refractivity contribution in [3.8, 4) is 0 Å². The van der Waals surface area contributed by atoms with Crippen LogP contribution in [0.25, 0.3) is 0 Å². The molecule has 0 radical (unpaired) electrons. The summed E-state index contributed by atoms with van der Waals surface area (Å²) >= 11 is 0. The summed E-state index contributed by atoms with van der Waals surface area (Å²) in [6.07, 6.45) is 0.786. The van der Waals surface area contributed by atoms with E-state index in [1.54, 1.807) is 25.3 Å². The van der Waals surface area contributed by atoms with Crippen LogP contribution in [-0.2, 0) is 14.8 Å². The molecule has 0 amide bonds. The Labute approximate surface area is 110 Å². The van der Waals surface area contributed by atoms with Gasteiger partial charge in [0.2, 0.25) is 10.0 Å². The molecule has 1 rings (SSSR count). The molecule has 0 spiro atoms. The van der Waals surface area contributed by atoms with Gasteiger partial charge in [-0.3, -0.25) is 0 Å². The maximum Gasteiger partial charge on any atom is 0.243 e. The summed E-state index contributed by atoms with van der Waals surface area (Å²) in [5.74, 6) is 0. The SMILES string of the molecule is CCCN(CCOC)S(=O)(=O)c1cccc(C)c1. The van der Waals surface area contributed by atoms with Gasteiger partial charge in [0.15, 0.2) is 0 Å². The number of sulfonamides is 1. The third kappa shape index (κ3) is 3.80. The van der Waals surface area contributed by atoms with Gasteiger partial charge >= 0.3 is 0 Å². The van der Waals surface area contributed by atoms with Gasteiger partial charge in [0, 0.05) is 20.2 Å². The fraction of sp³-hybridized carbons (Fsp3) is 0.538. The number of methoxy groups -OCH3 is 1. The molecule has 0 saturated carbocycles. The van der Waals surface area contributed by atoms with E-state index in [4.69, 9.17) is 4.74 Å². The minimum Gasteiger partial charge on any atom is -0.383 e. The molecule has 0 aliphatic rings. The molecule has 0 N–H and O–H groups in total. The first-order valence-electron chi connectivity index (χ1n) is 6.08. The highest BCUT2D eigenvalue weighted by Crippen LogP contribution is 2.17. The first-order chi connectivity index (χ1) is 8.52. The van der Waals surface area contributed by atoms with E-state index < -0.39 is 10.0 Å². The van der Waals surface area contributed by atoms with Crippen molar-refractivity contribution < 1.29 is 13.2 Å². The van der Waals surface area contributed by atoms with E-state index in [0.717, 1.165) is 12.0 Å². The molecule has 0 aliphatic carbocycles. The van der Waals surface area contributed by atoms with Crippen LogP contribution in [-0.4, -0.2) is 39.5 Å². The number of ether oxygens (including phenoxy) is 1. The number of benzene rings is 1. The van der Waals surface area contributed by atoms with Crippen LogP contribution in [0.4, 0.5) is 0 Å². The summed E-state index contributed by atoms with van der Waals surface area (Å²) in [6, 6.07) is 6.99.